The number of rotatable bonds is 19. The van der Waals surface area contributed by atoms with Gasteiger partial charge in [-0.3, -0.25) is 14.9 Å². The summed E-state index contributed by atoms with van der Waals surface area (Å²) in [7, 11) is 0. The fourth-order valence-electron chi connectivity index (χ4n) is 3.12. The van der Waals surface area contributed by atoms with Gasteiger partial charge in [-0.25, -0.2) is 0 Å². The Morgan fingerprint density at radius 2 is 1.62 bits per heavy atom. The molecular formula is C20H38NO4S-. The minimum absolute atomic E-state index is 0.172. The summed E-state index contributed by atoms with van der Waals surface area (Å²) in [6.07, 6.45) is 16.4. The third-order valence-corrected chi connectivity index (χ3v) is 5.86. The lowest BCUT2D eigenvalue weighted by molar-refractivity contribution is -0.470. The van der Waals surface area contributed by atoms with Crippen molar-refractivity contribution in [2.45, 2.75) is 108 Å². The highest BCUT2D eigenvalue weighted by molar-refractivity contribution is 7.99. The second-order valence-electron chi connectivity index (χ2n) is 7.10. The van der Waals surface area contributed by atoms with Gasteiger partial charge in [0, 0.05) is 6.42 Å². The Morgan fingerprint density at radius 3 is 2.19 bits per heavy atom. The molecule has 0 amide bonds. The highest BCUT2D eigenvalue weighted by Gasteiger charge is 2.13. The average Bonchev–Trinajstić information content (AvgIpc) is 2.60. The van der Waals surface area contributed by atoms with Crippen LogP contribution in [0, 0.1) is 16.2 Å². The monoisotopic (exact) mass is 388 g/mol. The van der Waals surface area contributed by atoms with Gasteiger partial charge in [-0.2, -0.15) is 11.8 Å². The normalized spacial score (nSPS) is 12.1. The van der Waals surface area contributed by atoms with Crippen LogP contribution in [0.3, 0.4) is 0 Å². The first-order valence-corrected chi connectivity index (χ1v) is 11.5. The molecule has 6 heteroatoms. The van der Waals surface area contributed by atoms with Crippen molar-refractivity contribution < 1.29 is 14.8 Å². The van der Waals surface area contributed by atoms with Gasteiger partial charge < -0.3 is 5.11 Å². The maximum atomic E-state index is 11.3. The molecule has 1 unspecified atom stereocenters. The molecule has 0 aromatic heterocycles. The number of aliphatic carboxylic acids is 1. The Morgan fingerprint density at radius 1 is 1.04 bits per heavy atom. The molecule has 0 aliphatic rings. The number of carboxylic acid groups (broad SMARTS) is 1. The maximum Gasteiger partial charge on any atom is 0.303 e. The van der Waals surface area contributed by atoms with Crippen LogP contribution in [0.5, 0.6) is 0 Å². The van der Waals surface area contributed by atoms with Crippen LogP contribution < -0.4 is 0 Å². The smallest absolute Gasteiger partial charge is 0.303 e. The van der Waals surface area contributed by atoms with Gasteiger partial charge >= 0.3 is 5.97 Å². The van der Waals surface area contributed by atoms with E-state index in [1.165, 1.54) is 38.5 Å². The zero-order valence-electron chi connectivity index (χ0n) is 16.7. The molecule has 0 radical (unpaired) electrons. The molecule has 0 aliphatic carbocycles. The first-order chi connectivity index (χ1) is 12.5. The molecule has 5 nitrogen and oxygen atoms in total. The molecule has 0 saturated heterocycles. The van der Waals surface area contributed by atoms with E-state index in [-0.39, 0.29) is 11.3 Å². The summed E-state index contributed by atoms with van der Waals surface area (Å²) in [4.78, 5) is 21.6. The zero-order chi connectivity index (χ0) is 19.6. The van der Waals surface area contributed by atoms with Gasteiger partial charge in [-0.05, 0) is 30.4 Å². The lowest BCUT2D eigenvalue weighted by Crippen LogP contribution is -2.16. The van der Waals surface area contributed by atoms with Crippen LogP contribution in [0.25, 0.3) is 0 Å². The van der Waals surface area contributed by atoms with Crippen LogP contribution in [0.2, 0.25) is 0 Å². The van der Waals surface area contributed by atoms with Crippen molar-refractivity contribution in [2.75, 3.05) is 6.26 Å². The van der Waals surface area contributed by atoms with Crippen molar-refractivity contribution in [3.63, 3.8) is 0 Å². The molecular weight excluding hydrogens is 350 g/mol. The molecule has 0 aromatic rings. The van der Waals surface area contributed by atoms with Crippen molar-refractivity contribution in [3.05, 3.63) is 16.2 Å². The van der Waals surface area contributed by atoms with Crippen LogP contribution in [-0.2, 0) is 4.79 Å². The molecule has 26 heavy (non-hydrogen) atoms. The summed E-state index contributed by atoms with van der Waals surface area (Å²) >= 11 is 1.76. The summed E-state index contributed by atoms with van der Waals surface area (Å²) in [5.74, 6) is -0.748. The van der Waals surface area contributed by atoms with Gasteiger partial charge in [0.25, 0.3) is 0 Å². The second-order valence-corrected chi connectivity index (χ2v) is 8.24. The maximum absolute atomic E-state index is 11.3. The van der Waals surface area contributed by atoms with E-state index in [0.29, 0.717) is 30.6 Å². The minimum Gasteiger partial charge on any atom is -0.481 e. The average molecular weight is 389 g/mol. The predicted octanol–water partition coefficient (Wildman–Crippen LogP) is 6.48. The summed E-state index contributed by atoms with van der Waals surface area (Å²) < 4.78 is 0. The molecule has 0 spiro atoms. The van der Waals surface area contributed by atoms with Gasteiger partial charge in [0.1, 0.15) is 0 Å². The Bertz CT molecular complexity index is 366. The summed E-state index contributed by atoms with van der Waals surface area (Å²) in [5.41, 5.74) is 0. The molecule has 0 saturated carbocycles. The lowest BCUT2D eigenvalue weighted by Gasteiger charge is -2.26. The van der Waals surface area contributed by atoms with E-state index in [1.807, 2.05) is 0 Å². The number of hydrogen-bond donors (Lipinski definition) is 1. The first-order valence-electron chi connectivity index (χ1n) is 10.2. The van der Waals surface area contributed by atoms with E-state index < -0.39 is 5.97 Å². The van der Waals surface area contributed by atoms with Gasteiger partial charge in [-0.1, -0.05) is 77.6 Å². The SMILES string of the molecule is CCCCCCCCC(C[C-](CCCCCCCC(=O)O)[N+](=O)[O-])SC. The molecule has 0 fully saturated rings. The van der Waals surface area contributed by atoms with E-state index >= 15 is 0 Å². The number of hydrogen-bond acceptors (Lipinski definition) is 4. The van der Waals surface area contributed by atoms with Crippen LogP contribution >= 0.6 is 11.8 Å². The van der Waals surface area contributed by atoms with Gasteiger partial charge in [0.15, 0.2) is 0 Å². The molecule has 1 atom stereocenters. The van der Waals surface area contributed by atoms with Crippen molar-refractivity contribution in [2.24, 2.45) is 0 Å². The highest BCUT2D eigenvalue weighted by Crippen LogP contribution is 2.28. The summed E-state index contributed by atoms with van der Waals surface area (Å²) in [6.45, 7) is 2.22. The molecule has 154 valence electrons. The van der Waals surface area contributed by atoms with E-state index in [9.17, 15) is 14.9 Å². The largest absolute Gasteiger partial charge is 0.481 e. The quantitative estimate of drug-likeness (QED) is 0.118. The number of carbonyl (C=O) groups is 1. The van der Waals surface area contributed by atoms with Crippen molar-refractivity contribution in [1.82, 2.24) is 0 Å². The Balaban J connectivity index is 3.92. The lowest BCUT2D eigenvalue weighted by atomic mass is 10.00. The van der Waals surface area contributed by atoms with Gasteiger partial charge in [-0.15, -0.1) is 11.3 Å². The number of thioether (sulfide) groups is 1. The third kappa shape index (κ3) is 15.4. The Hall–Kier alpha value is -0.910. The number of nitro groups is 1. The topological polar surface area (TPSA) is 80.4 Å². The molecule has 1 N–H and O–H groups in total. The van der Waals surface area contributed by atoms with Gasteiger partial charge in [0.05, 0.1) is 0 Å². The summed E-state index contributed by atoms with van der Waals surface area (Å²) in [6, 6.07) is 0.473. The number of unbranched alkanes of at least 4 members (excludes halogenated alkanes) is 9. The Labute approximate surface area is 163 Å². The Kier molecular flexibility index (Phi) is 16.9. The van der Waals surface area contributed by atoms with Crippen LogP contribution in [0.1, 0.15) is 103 Å². The third-order valence-electron chi connectivity index (χ3n) is 4.79. The standard InChI is InChI=1S/C20H38NO4S/c1-3-4-5-6-9-12-15-19(26-2)17-18(21(24)25)14-11-8-7-10-13-16-20(22)23/h19H,3-17H2,1-2H3,(H,22,23)/q-1. The fourth-order valence-corrected chi connectivity index (χ4v) is 3.88. The molecule has 0 bridgehead atoms. The minimum atomic E-state index is -0.748. The van der Waals surface area contributed by atoms with Crippen LogP contribution in [0.4, 0.5) is 0 Å². The highest BCUT2D eigenvalue weighted by atomic mass is 32.2. The second kappa shape index (κ2) is 17.5. The van der Waals surface area contributed by atoms with Crippen LogP contribution in [0.15, 0.2) is 0 Å². The van der Waals surface area contributed by atoms with Gasteiger partial charge in [0.2, 0.25) is 0 Å². The van der Waals surface area contributed by atoms with E-state index in [2.05, 4.69) is 13.2 Å². The molecule has 0 heterocycles. The van der Waals surface area contributed by atoms with E-state index in [4.69, 9.17) is 5.11 Å². The van der Waals surface area contributed by atoms with Crippen LogP contribution in [-0.4, -0.2) is 27.5 Å². The van der Waals surface area contributed by atoms with Crippen molar-refractivity contribution >= 4 is 17.7 Å². The van der Waals surface area contributed by atoms with E-state index in [1.54, 1.807) is 11.8 Å². The number of carboxylic acids is 1. The predicted molar refractivity (Wildman–Crippen MR) is 110 cm³/mol. The molecule has 0 aliphatic heterocycles. The van der Waals surface area contributed by atoms with Crippen molar-refractivity contribution in [3.8, 4) is 0 Å². The summed E-state index contributed by atoms with van der Waals surface area (Å²) in [5, 5.41) is 20.3. The first kappa shape index (κ1) is 25.1. The zero-order valence-corrected chi connectivity index (χ0v) is 17.5. The fraction of sp³-hybridized carbons (Fsp3) is 0.900. The number of nitrogens with zero attached hydrogens (tertiary/aromatic N) is 1. The van der Waals surface area contributed by atoms with E-state index in [0.717, 1.165) is 32.1 Å². The molecule has 0 aromatic carbocycles. The molecule has 0 rings (SSSR count). The van der Waals surface area contributed by atoms with Crippen molar-refractivity contribution in [1.29, 1.82) is 0 Å².